The SMILES string of the molecule is CO[C@]1(C)CCCN(C(=O)OC(C)(C)C)C1. The van der Waals surface area contributed by atoms with Crippen molar-refractivity contribution in [3.63, 3.8) is 0 Å². The molecule has 16 heavy (non-hydrogen) atoms. The number of likely N-dealkylation sites (tertiary alicyclic amines) is 1. The Morgan fingerprint density at radius 3 is 2.50 bits per heavy atom. The number of piperidine rings is 1. The summed E-state index contributed by atoms with van der Waals surface area (Å²) in [4.78, 5) is 13.6. The predicted octanol–water partition coefficient (Wildman–Crippen LogP) is 2.42. The van der Waals surface area contributed by atoms with Crippen molar-refractivity contribution in [1.82, 2.24) is 4.90 Å². The molecule has 4 nitrogen and oxygen atoms in total. The van der Waals surface area contributed by atoms with Crippen LogP contribution >= 0.6 is 0 Å². The molecular weight excluding hydrogens is 206 g/mol. The topological polar surface area (TPSA) is 38.8 Å². The van der Waals surface area contributed by atoms with Crippen LogP contribution in [0.1, 0.15) is 40.5 Å². The molecule has 0 radical (unpaired) electrons. The molecule has 0 aromatic rings. The van der Waals surface area contributed by atoms with Crippen LogP contribution < -0.4 is 0 Å². The van der Waals surface area contributed by atoms with Gasteiger partial charge >= 0.3 is 6.09 Å². The first kappa shape index (κ1) is 13.3. The number of methoxy groups -OCH3 is 1. The number of hydrogen-bond donors (Lipinski definition) is 0. The lowest BCUT2D eigenvalue weighted by molar-refractivity contribution is -0.0571. The Bertz CT molecular complexity index is 259. The van der Waals surface area contributed by atoms with E-state index in [0.29, 0.717) is 6.54 Å². The van der Waals surface area contributed by atoms with Crippen molar-refractivity contribution in [1.29, 1.82) is 0 Å². The largest absolute Gasteiger partial charge is 0.444 e. The van der Waals surface area contributed by atoms with Gasteiger partial charge in [0.2, 0.25) is 0 Å². The lowest BCUT2D eigenvalue weighted by Crippen LogP contribution is -2.50. The molecule has 1 atom stereocenters. The third-order valence-electron chi connectivity index (χ3n) is 2.80. The molecule has 1 aliphatic rings. The summed E-state index contributed by atoms with van der Waals surface area (Å²) in [5.74, 6) is 0. The van der Waals surface area contributed by atoms with Crippen molar-refractivity contribution in [2.45, 2.75) is 51.7 Å². The van der Waals surface area contributed by atoms with Crippen LogP contribution in [0.5, 0.6) is 0 Å². The quantitative estimate of drug-likeness (QED) is 0.693. The van der Waals surface area contributed by atoms with Crippen molar-refractivity contribution in [3.8, 4) is 0 Å². The van der Waals surface area contributed by atoms with E-state index in [1.165, 1.54) is 0 Å². The van der Waals surface area contributed by atoms with Crippen LogP contribution in [-0.2, 0) is 9.47 Å². The molecule has 1 saturated heterocycles. The lowest BCUT2D eigenvalue weighted by Gasteiger charge is -2.39. The minimum atomic E-state index is -0.433. The number of carbonyl (C=O) groups excluding carboxylic acids is 1. The van der Waals surface area contributed by atoms with Gasteiger partial charge in [0.15, 0.2) is 0 Å². The number of hydrogen-bond acceptors (Lipinski definition) is 3. The van der Waals surface area contributed by atoms with Crippen LogP contribution in [0.4, 0.5) is 4.79 Å². The summed E-state index contributed by atoms with van der Waals surface area (Å²) >= 11 is 0. The van der Waals surface area contributed by atoms with Gasteiger partial charge in [-0.1, -0.05) is 0 Å². The van der Waals surface area contributed by atoms with E-state index in [-0.39, 0.29) is 11.7 Å². The van der Waals surface area contributed by atoms with Crippen LogP contribution in [0.15, 0.2) is 0 Å². The molecule has 0 saturated carbocycles. The maximum Gasteiger partial charge on any atom is 0.410 e. The zero-order chi connectivity index (χ0) is 12.4. The van der Waals surface area contributed by atoms with Gasteiger partial charge in [-0.15, -0.1) is 0 Å². The van der Waals surface area contributed by atoms with E-state index in [0.717, 1.165) is 19.4 Å². The number of amides is 1. The maximum atomic E-state index is 11.9. The van der Waals surface area contributed by atoms with Crippen molar-refractivity contribution in [3.05, 3.63) is 0 Å². The molecule has 0 unspecified atom stereocenters. The number of ether oxygens (including phenoxy) is 2. The monoisotopic (exact) mass is 229 g/mol. The average molecular weight is 229 g/mol. The summed E-state index contributed by atoms with van der Waals surface area (Å²) in [6.07, 6.45) is 1.71. The molecule has 0 aliphatic carbocycles. The molecule has 0 bridgehead atoms. The van der Waals surface area contributed by atoms with E-state index >= 15 is 0 Å². The van der Waals surface area contributed by atoms with Crippen molar-refractivity contribution < 1.29 is 14.3 Å². The second-order valence-corrected chi connectivity index (χ2v) is 5.66. The number of carbonyl (C=O) groups is 1. The Hall–Kier alpha value is -0.770. The highest BCUT2D eigenvalue weighted by Crippen LogP contribution is 2.25. The summed E-state index contributed by atoms with van der Waals surface area (Å²) in [6.45, 7) is 9.04. The average Bonchev–Trinajstić information content (AvgIpc) is 2.15. The summed E-state index contributed by atoms with van der Waals surface area (Å²) < 4.78 is 10.8. The third kappa shape index (κ3) is 3.67. The highest BCUT2D eigenvalue weighted by molar-refractivity contribution is 5.68. The van der Waals surface area contributed by atoms with Gasteiger partial charge in [0, 0.05) is 13.7 Å². The molecule has 1 amide bonds. The minimum Gasteiger partial charge on any atom is -0.444 e. The van der Waals surface area contributed by atoms with Gasteiger partial charge in [-0.05, 0) is 40.5 Å². The molecule has 0 aromatic carbocycles. The number of rotatable bonds is 1. The van der Waals surface area contributed by atoms with Gasteiger partial charge in [-0.25, -0.2) is 4.79 Å². The van der Waals surface area contributed by atoms with Gasteiger partial charge < -0.3 is 14.4 Å². The van der Waals surface area contributed by atoms with Crippen LogP contribution in [0, 0.1) is 0 Å². The van der Waals surface area contributed by atoms with Gasteiger partial charge in [-0.2, -0.15) is 0 Å². The summed E-state index contributed by atoms with van der Waals surface area (Å²) in [6, 6.07) is 0. The molecule has 1 rings (SSSR count). The van der Waals surface area contributed by atoms with Crippen molar-refractivity contribution in [2.24, 2.45) is 0 Å². The fourth-order valence-corrected chi connectivity index (χ4v) is 1.85. The summed E-state index contributed by atoms with van der Waals surface area (Å²) in [5.41, 5.74) is -0.660. The van der Waals surface area contributed by atoms with E-state index in [9.17, 15) is 4.79 Å². The smallest absolute Gasteiger partial charge is 0.410 e. The van der Waals surface area contributed by atoms with Gasteiger partial charge in [-0.3, -0.25) is 0 Å². The fourth-order valence-electron chi connectivity index (χ4n) is 1.85. The van der Waals surface area contributed by atoms with E-state index in [2.05, 4.69) is 0 Å². The van der Waals surface area contributed by atoms with E-state index in [1.807, 2.05) is 27.7 Å². The molecule has 94 valence electrons. The molecule has 1 heterocycles. The predicted molar refractivity (Wildman–Crippen MR) is 62.5 cm³/mol. The van der Waals surface area contributed by atoms with E-state index in [1.54, 1.807) is 12.0 Å². The van der Waals surface area contributed by atoms with Crippen LogP contribution in [0.25, 0.3) is 0 Å². The molecule has 0 aromatic heterocycles. The highest BCUT2D eigenvalue weighted by Gasteiger charge is 2.34. The first-order valence-electron chi connectivity index (χ1n) is 5.79. The molecule has 4 heteroatoms. The second-order valence-electron chi connectivity index (χ2n) is 5.66. The zero-order valence-corrected chi connectivity index (χ0v) is 11.0. The van der Waals surface area contributed by atoms with Crippen LogP contribution in [0.3, 0.4) is 0 Å². The standard InChI is InChI=1S/C12H23NO3/c1-11(2,3)16-10(14)13-8-6-7-12(4,9-13)15-5/h6-9H2,1-5H3/t12-/m1/s1. The Kier molecular flexibility index (Phi) is 3.84. The van der Waals surface area contributed by atoms with Crippen molar-refractivity contribution >= 4 is 6.09 Å². The fraction of sp³-hybridized carbons (Fsp3) is 0.917. The first-order valence-corrected chi connectivity index (χ1v) is 5.79. The molecule has 0 spiro atoms. The molecule has 1 aliphatic heterocycles. The minimum absolute atomic E-state index is 0.227. The third-order valence-corrected chi connectivity index (χ3v) is 2.80. The molecular formula is C12H23NO3. The van der Waals surface area contributed by atoms with Gasteiger partial charge in [0.1, 0.15) is 5.60 Å². The first-order chi connectivity index (χ1) is 7.26. The lowest BCUT2D eigenvalue weighted by atomic mass is 9.95. The normalized spacial score (nSPS) is 26.7. The Morgan fingerprint density at radius 2 is 2.00 bits per heavy atom. The summed E-state index contributed by atoms with van der Waals surface area (Å²) in [7, 11) is 1.69. The number of nitrogens with zero attached hydrogens (tertiary/aromatic N) is 1. The van der Waals surface area contributed by atoms with Crippen LogP contribution in [-0.4, -0.2) is 42.4 Å². The van der Waals surface area contributed by atoms with Gasteiger partial charge in [0.05, 0.1) is 12.1 Å². The maximum absolute atomic E-state index is 11.9. The Balaban J connectivity index is 2.57. The summed E-state index contributed by atoms with van der Waals surface area (Å²) in [5, 5.41) is 0. The second kappa shape index (κ2) is 4.62. The Labute approximate surface area is 97.9 Å². The van der Waals surface area contributed by atoms with E-state index in [4.69, 9.17) is 9.47 Å². The molecule has 0 N–H and O–H groups in total. The van der Waals surface area contributed by atoms with Crippen LogP contribution in [0.2, 0.25) is 0 Å². The Morgan fingerprint density at radius 1 is 1.38 bits per heavy atom. The van der Waals surface area contributed by atoms with Gasteiger partial charge in [0.25, 0.3) is 0 Å². The van der Waals surface area contributed by atoms with Crippen molar-refractivity contribution in [2.75, 3.05) is 20.2 Å². The highest BCUT2D eigenvalue weighted by atomic mass is 16.6. The van der Waals surface area contributed by atoms with E-state index < -0.39 is 5.60 Å². The zero-order valence-electron chi connectivity index (χ0n) is 11.0. The molecule has 1 fully saturated rings.